The summed E-state index contributed by atoms with van der Waals surface area (Å²) < 4.78 is 5.25. The molecule has 1 saturated heterocycles. The molecule has 0 saturated carbocycles. The van der Waals surface area contributed by atoms with Crippen LogP contribution < -0.4 is 10.6 Å². The molecule has 0 aromatic heterocycles. The lowest BCUT2D eigenvalue weighted by Gasteiger charge is -2.24. The van der Waals surface area contributed by atoms with Crippen molar-refractivity contribution in [3.63, 3.8) is 0 Å². The van der Waals surface area contributed by atoms with Crippen LogP contribution in [0.5, 0.6) is 0 Å². The van der Waals surface area contributed by atoms with Crippen molar-refractivity contribution in [2.24, 2.45) is 0 Å². The molecule has 0 radical (unpaired) electrons. The maximum absolute atomic E-state index is 11.6. The zero-order valence-electron chi connectivity index (χ0n) is 12.6. The molecule has 1 aliphatic heterocycles. The Labute approximate surface area is 121 Å². The average Bonchev–Trinajstić information content (AvgIpc) is 2.76. The number of ether oxygens (including phenoxy) is 1. The van der Waals surface area contributed by atoms with Crippen molar-refractivity contribution in [3.8, 4) is 0 Å². The van der Waals surface area contributed by atoms with Crippen molar-refractivity contribution in [1.29, 1.82) is 0 Å². The maximum atomic E-state index is 11.6. The SMILES string of the molecule is CCCC(CNC(=O)OC(C)(C)C)NC1CCSC1. The minimum Gasteiger partial charge on any atom is -0.444 e. The van der Waals surface area contributed by atoms with E-state index in [1.165, 1.54) is 17.9 Å². The van der Waals surface area contributed by atoms with E-state index < -0.39 is 5.60 Å². The Balaban J connectivity index is 2.30. The van der Waals surface area contributed by atoms with Crippen molar-refractivity contribution < 1.29 is 9.53 Å². The Morgan fingerprint density at radius 3 is 2.74 bits per heavy atom. The van der Waals surface area contributed by atoms with Gasteiger partial charge in [0.15, 0.2) is 0 Å². The van der Waals surface area contributed by atoms with Crippen molar-refractivity contribution >= 4 is 17.9 Å². The van der Waals surface area contributed by atoms with E-state index in [0.717, 1.165) is 12.8 Å². The number of hydrogen-bond acceptors (Lipinski definition) is 4. The molecule has 1 fully saturated rings. The third kappa shape index (κ3) is 7.67. The largest absolute Gasteiger partial charge is 0.444 e. The number of amides is 1. The van der Waals surface area contributed by atoms with Crippen LogP contribution in [0.25, 0.3) is 0 Å². The fraction of sp³-hybridized carbons (Fsp3) is 0.929. The summed E-state index contributed by atoms with van der Waals surface area (Å²) in [7, 11) is 0. The standard InChI is InChI=1S/C14H28N2O2S/c1-5-6-11(16-12-7-8-19-10-12)9-15-13(17)18-14(2,3)4/h11-12,16H,5-10H2,1-4H3,(H,15,17). The third-order valence-corrected chi connectivity index (χ3v) is 4.09. The van der Waals surface area contributed by atoms with Crippen LogP contribution in [0, 0.1) is 0 Å². The lowest BCUT2D eigenvalue weighted by atomic mass is 10.1. The number of alkyl carbamates (subject to hydrolysis) is 1. The highest BCUT2D eigenvalue weighted by Gasteiger charge is 2.21. The molecule has 1 rings (SSSR count). The lowest BCUT2D eigenvalue weighted by Crippen LogP contribution is -2.46. The van der Waals surface area contributed by atoms with Crippen LogP contribution in [-0.4, -0.2) is 41.8 Å². The van der Waals surface area contributed by atoms with E-state index in [1.807, 2.05) is 32.5 Å². The van der Waals surface area contributed by atoms with Gasteiger partial charge in [-0.1, -0.05) is 13.3 Å². The summed E-state index contributed by atoms with van der Waals surface area (Å²) in [5.41, 5.74) is -0.431. The molecule has 2 unspecified atom stereocenters. The highest BCUT2D eigenvalue weighted by molar-refractivity contribution is 7.99. The van der Waals surface area contributed by atoms with Crippen LogP contribution in [0.2, 0.25) is 0 Å². The molecule has 2 atom stereocenters. The zero-order valence-corrected chi connectivity index (χ0v) is 13.4. The fourth-order valence-electron chi connectivity index (χ4n) is 2.11. The van der Waals surface area contributed by atoms with E-state index in [0.29, 0.717) is 18.6 Å². The van der Waals surface area contributed by atoms with Gasteiger partial charge in [0.05, 0.1) is 0 Å². The fourth-order valence-corrected chi connectivity index (χ4v) is 3.28. The van der Waals surface area contributed by atoms with Gasteiger partial charge in [0, 0.05) is 24.4 Å². The number of thioether (sulfide) groups is 1. The van der Waals surface area contributed by atoms with Crippen LogP contribution in [0.3, 0.4) is 0 Å². The van der Waals surface area contributed by atoms with Gasteiger partial charge in [-0.2, -0.15) is 11.8 Å². The Bertz CT molecular complexity index is 273. The molecule has 1 amide bonds. The number of hydrogen-bond donors (Lipinski definition) is 2. The molecule has 0 spiro atoms. The first-order chi connectivity index (χ1) is 8.90. The van der Waals surface area contributed by atoms with E-state index >= 15 is 0 Å². The van der Waals surface area contributed by atoms with Gasteiger partial charge in [-0.3, -0.25) is 0 Å². The molecule has 4 nitrogen and oxygen atoms in total. The molecule has 0 aromatic carbocycles. The molecular weight excluding hydrogens is 260 g/mol. The van der Waals surface area contributed by atoms with E-state index in [1.54, 1.807) is 0 Å². The van der Waals surface area contributed by atoms with Crippen LogP contribution in [-0.2, 0) is 4.74 Å². The minimum atomic E-state index is -0.431. The summed E-state index contributed by atoms with van der Waals surface area (Å²) in [6.07, 6.45) is 3.11. The molecular formula is C14H28N2O2S. The summed E-state index contributed by atoms with van der Waals surface area (Å²) in [5.74, 6) is 2.43. The van der Waals surface area contributed by atoms with Crippen LogP contribution in [0.1, 0.15) is 47.0 Å². The van der Waals surface area contributed by atoms with Gasteiger partial charge in [0.25, 0.3) is 0 Å². The molecule has 0 bridgehead atoms. The highest BCUT2D eigenvalue weighted by Crippen LogP contribution is 2.18. The van der Waals surface area contributed by atoms with E-state index in [2.05, 4.69) is 17.6 Å². The quantitative estimate of drug-likeness (QED) is 0.789. The van der Waals surface area contributed by atoms with Crippen molar-refractivity contribution in [3.05, 3.63) is 0 Å². The number of nitrogens with one attached hydrogen (secondary N) is 2. The van der Waals surface area contributed by atoms with Crippen LogP contribution >= 0.6 is 11.8 Å². The zero-order chi connectivity index (χ0) is 14.3. The predicted octanol–water partition coefficient (Wildman–Crippen LogP) is 2.77. The molecule has 1 heterocycles. The van der Waals surface area contributed by atoms with E-state index in [9.17, 15) is 4.79 Å². The molecule has 2 N–H and O–H groups in total. The summed E-state index contributed by atoms with van der Waals surface area (Å²) in [4.78, 5) is 11.6. The lowest BCUT2D eigenvalue weighted by molar-refractivity contribution is 0.0521. The maximum Gasteiger partial charge on any atom is 0.407 e. The third-order valence-electron chi connectivity index (χ3n) is 2.93. The molecule has 5 heteroatoms. The van der Waals surface area contributed by atoms with Crippen molar-refractivity contribution in [1.82, 2.24) is 10.6 Å². The second-order valence-electron chi connectivity index (χ2n) is 6.10. The van der Waals surface area contributed by atoms with Gasteiger partial charge >= 0.3 is 6.09 Å². The predicted molar refractivity (Wildman–Crippen MR) is 81.8 cm³/mol. The second kappa shape index (κ2) is 8.00. The topological polar surface area (TPSA) is 50.4 Å². The summed E-state index contributed by atoms with van der Waals surface area (Å²) in [6.45, 7) is 8.45. The Kier molecular flexibility index (Phi) is 7.00. The average molecular weight is 288 g/mol. The monoisotopic (exact) mass is 288 g/mol. The number of carbonyl (C=O) groups is 1. The smallest absolute Gasteiger partial charge is 0.407 e. The van der Waals surface area contributed by atoms with Crippen LogP contribution in [0.15, 0.2) is 0 Å². The first kappa shape index (κ1) is 16.6. The van der Waals surface area contributed by atoms with Gasteiger partial charge < -0.3 is 15.4 Å². The molecule has 1 aliphatic rings. The second-order valence-corrected chi connectivity index (χ2v) is 7.25. The first-order valence-electron chi connectivity index (χ1n) is 7.21. The molecule has 0 aliphatic carbocycles. The Morgan fingerprint density at radius 2 is 2.21 bits per heavy atom. The molecule has 19 heavy (non-hydrogen) atoms. The van der Waals surface area contributed by atoms with E-state index in [4.69, 9.17) is 4.74 Å². The van der Waals surface area contributed by atoms with Crippen molar-refractivity contribution in [2.45, 2.75) is 64.6 Å². The summed E-state index contributed by atoms with van der Waals surface area (Å²) in [5, 5.41) is 6.51. The molecule has 112 valence electrons. The Hall–Kier alpha value is -0.420. The first-order valence-corrected chi connectivity index (χ1v) is 8.37. The van der Waals surface area contributed by atoms with E-state index in [-0.39, 0.29) is 6.09 Å². The number of rotatable bonds is 6. The molecule has 0 aromatic rings. The van der Waals surface area contributed by atoms with Gasteiger partial charge in [-0.15, -0.1) is 0 Å². The Morgan fingerprint density at radius 1 is 1.47 bits per heavy atom. The minimum absolute atomic E-state index is 0.323. The number of carbonyl (C=O) groups excluding carboxylic acids is 1. The van der Waals surface area contributed by atoms with Gasteiger partial charge in [0.1, 0.15) is 5.60 Å². The van der Waals surface area contributed by atoms with Gasteiger partial charge in [0.2, 0.25) is 0 Å². The van der Waals surface area contributed by atoms with Crippen molar-refractivity contribution in [2.75, 3.05) is 18.1 Å². The van der Waals surface area contributed by atoms with Crippen LogP contribution in [0.4, 0.5) is 4.79 Å². The summed E-state index contributed by atoms with van der Waals surface area (Å²) >= 11 is 2.00. The van der Waals surface area contributed by atoms with Gasteiger partial charge in [-0.05, 0) is 39.4 Å². The summed E-state index contributed by atoms with van der Waals surface area (Å²) in [6, 6.07) is 0.947. The van der Waals surface area contributed by atoms with Gasteiger partial charge in [-0.25, -0.2) is 4.79 Å². The normalized spacial score (nSPS) is 21.2. The highest BCUT2D eigenvalue weighted by atomic mass is 32.2.